The number of hydrogen-bond acceptors (Lipinski definition) is 7. The van der Waals surface area contributed by atoms with Crippen molar-refractivity contribution in [2.45, 2.75) is 59.5 Å². The molecule has 2 aromatic carbocycles. The number of nitrogens with zero attached hydrogens (tertiary/aromatic N) is 4. The summed E-state index contributed by atoms with van der Waals surface area (Å²) in [4.78, 5) is 27.9. The van der Waals surface area contributed by atoms with Gasteiger partial charge in [-0.2, -0.15) is 5.21 Å². The van der Waals surface area contributed by atoms with Crippen LogP contribution in [0, 0.1) is 5.92 Å². The van der Waals surface area contributed by atoms with E-state index in [2.05, 4.69) is 36.6 Å². The van der Waals surface area contributed by atoms with Gasteiger partial charge >= 0.3 is 5.97 Å². The number of furan rings is 1. The Bertz CT molecular complexity index is 1400. The number of halogens is 1. The first kappa shape index (κ1) is 27.5. The molecule has 0 saturated carbocycles. The SMILES string of the molecule is CCCCC(=O)N(Cc1ccc2oc(-c3ccccc3-c3nn[nH]n3)c(Br)c2c1)[C@H](C(=O)OCC)C(C)C. The number of esters is 1. The number of aromatic nitrogens is 4. The van der Waals surface area contributed by atoms with E-state index >= 15 is 0 Å². The summed E-state index contributed by atoms with van der Waals surface area (Å²) in [5.74, 6) is 0.573. The normalized spacial score (nSPS) is 12.2. The Morgan fingerprint density at radius 2 is 1.89 bits per heavy atom. The molecule has 0 aliphatic carbocycles. The molecule has 0 fully saturated rings. The van der Waals surface area contributed by atoms with Gasteiger partial charge in [-0.25, -0.2) is 4.79 Å². The first-order valence-corrected chi connectivity index (χ1v) is 13.6. The molecule has 0 unspecified atom stereocenters. The summed E-state index contributed by atoms with van der Waals surface area (Å²) in [6.45, 7) is 8.24. The van der Waals surface area contributed by atoms with Gasteiger partial charge in [-0.05, 0) is 58.1 Å². The fraction of sp³-hybridized carbons (Fsp3) is 0.393. The summed E-state index contributed by atoms with van der Waals surface area (Å²) in [6, 6.07) is 12.8. The zero-order chi connectivity index (χ0) is 27.2. The highest BCUT2D eigenvalue weighted by atomic mass is 79.9. The molecule has 4 rings (SSSR count). The van der Waals surface area contributed by atoms with E-state index in [0.29, 0.717) is 23.6 Å². The first-order chi connectivity index (χ1) is 18.3. The number of rotatable bonds is 11. The zero-order valence-electron chi connectivity index (χ0n) is 22.0. The van der Waals surface area contributed by atoms with Crippen molar-refractivity contribution in [2.75, 3.05) is 6.61 Å². The van der Waals surface area contributed by atoms with E-state index in [4.69, 9.17) is 9.15 Å². The highest BCUT2D eigenvalue weighted by Gasteiger charge is 2.33. The Kier molecular flexibility index (Phi) is 8.93. The molecule has 4 aromatic rings. The molecule has 38 heavy (non-hydrogen) atoms. The first-order valence-electron chi connectivity index (χ1n) is 12.9. The van der Waals surface area contributed by atoms with E-state index in [0.717, 1.165) is 39.4 Å². The lowest BCUT2D eigenvalue weighted by atomic mass is 10.00. The van der Waals surface area contributed by atoms with Gasteiger partial charge in [0.2, 0.25) is 11.7 Å². The van der Waals surface area contributed by atoms with Crippen LogP contribution in [-0.4, -0.2) is 50.0 Å². The molecule has 0 aliphatic heterocycles. The van der Waals surface area contributed by atoms with Crippen molar-refractivity contribution < 1.29 is 18.7 Å². The minimum Gasteiger partial charge on any atom is -0.464 e. The molecule has 2 heterocycles. The number of tetrazole rings is 1. The van der Waals surface area contributed by atoms with Crippen molar-refractivity contribution in [3.63, 3.8) is 0 Å². The number of H-pyrrole nitrogens is 1. The Balaban J connectivity index is 1.72. The summed E-state index contributed by atoms with van der Waals surface area (Å²) < 4.78 is 12.4. The Hall–Kier alpha value is -3.53. The number of fused-ring (bicyclic) bond motifs is 1. The largest absolute Gasteiger partial charge is 0.464 e. The highest BCUT2D eigenvalue weighted by Crippen LogP contribution is 2.41. The average Bonchev–Trinajstić information content (AvgIpc) is 3.55. The van der Waals surface area contributed by atoms with Gasteiger partial charge in [0.15, 0.2) is 0 Å². The third kappa shape index (κ3) is 5.80. The second-order valence-electron chi connectivity index (χ2n) is 9.42. The van der Waals surface area contributed by atoms with Crippen LogP contribution in [-0.2, 0) is 20.9 Å². The number of nitrogens with one attached hydrogen (secondary N) is 1. The predicted octanol–water partition coefficient (Wildman–Crippen LogP) is 6.15. The molecule has 200 valence electrons. The van der Waals surface area contributed by atoms with Crippen molar-refractivity contribution in [3.05, 3.63) is 52.5 Å². The van der Waals surface area contributed by atoms with Crippen LogP contribution in [0.1, 0.15) is 52.5 Å². The van der Waals surface area contributed by atoms with E-state index in [1.165, 1.54) is 0 Å². The van der Waals surface area contributed by atoms with Crippen LogP contribution in [0.15, 0.2) is 51.4 Å². The van der Waals surface area contributed by atoms with Gasteiger partial charge in [-0.3, -0.25) is 4.79 Å². The molecular formula is C28H32BrN5O4. The molecule has 2 aromatic heterocycles. The molecule has 1 atom stereocenters. The van der Waals surface area contributed by atoms with Gasteiger partial charge < -0.3 is 14.1 Å². The lowest BCUT2D eigenvalue weighted by Gasteiger charge is -2.33. The summed E-state index contributed by atoms with van der Waals surface area (Å²) in [7, 11) is 0. The molecule has 0 radical (unpaired) electrons. The standard InChI is InChI=1S/C28H32BrN5O4/c1-5-7-12-23(35)34(25(17(3)4)28(36)37-6-2)16-18-13-14-22-21(15-18)24(29)26(38-22)19-10-8-9-11-20(19)27-30-32-33-31-27/h8-11,13-15,17,25H,5-7,12,16H2,1-4H3,(H,30,31,32,33)/t25-/m0/s1. The lowest BCUT2D eigenvalue weighted by molar-refractivity contribution is -0.157. The van der Waals surface area contributed by atoms with Crippen LogP contribution in [0.25, 0.3) is 33.7 Å². The van der Waals surface area contributed by atoms with E-state index in [-0.39, 0.29) is 30.9 Å². The van der Waals surface area contributed by atoms with Crippen molar-refractivity contribution in [2.24, 2.45) is 5.92 Å². The molecule has 9 nitrogen and oxygen atoms in total. The van der Waals surface area contributed by atoms with Crippen LogP contribution >= 0.6 is 15.9 Å². The molecule has 0 aliphatic rings. The van der Waals surface area contributed by atoms with Crippen LogP contribution < -0.4 is 0 Å². The number of carbonyl (C=O) groups excluding carboxylic acids is 2. The van der Waals surface area contributed by atoms with E-state index in [1.807, 2.05) is 63.2 Å². The minimum absolute atomic E-state index is 0.0558. The Morgan fingerprint density at radius 3 is 2.55 bits per heavy atom. The van der Waals surface area contributed by atoms with E-state index in [1.54, 1.807) is 11.8 Å². The third-order valence-corrected chi connectivity index (χ3v) is 7.15. The zero-order valence-corrected chi connectivity index (χ0v) is 23.6. The van der Waals surface area contributed by atoms with Gasteiger partial charge in [-0.1, -0.05) is 57.5 Å². The van der Waals surface area contributed by atoms with Gasteiger partial charge in [0.05, 0.1) is 11.1 Å². The number of benzene rings is 2. The van der Waals surface area contributed by atoms with Crippen LogP contribution in [0.5, 0.6) is 0 Å². The number of hydrogen-bond donors (Lipinski definition) is 1. The minimum atomic E-state index is -0.666. The number of aromatic amines is 1. The number of unbranched alkanes of at least 4 members (excludes halogenated alkanes) is 1. The monoisotopic (exact) mass is 581 g/mol. The quantitative estimate of drug-likeness (QED) is 0.211. The fourth-order valence-corrected chi connectivity index (χ4v) is 5.14. The van der Waals surface area contributed by atoms with E-state index < -0.39 is 6.04 Å². The van der Waals surface area contributed by atoms with Crippen molar-refractivity contribution in [1.82, 2.24) is 25.5 Å². The molecular weight excluding hydrogens is 550 g/mol. The van der Waals surface area contributed by atoms with Gasteiger partial charge in [0.25, 0.3) is 0 Å². The number of ether oxygens (including phenoxy) is 1. The number of amides is 1. The number of carbonyl (C=O) groups is 2. The molecule has 1 N–H and O–H groups in total. The molecule has 0 bridgehead atoms. The predicted molar refractivity (Wildman–Crippen MR) is 148 cm³/mol. The molecule has 0 spiro atoms. The van der Waals surface area contributed by atoms with Gasteiger partial charge in [0.1, 0.15) is 17.4 Å². The summed E-state index contributed by atoms with van der Waals surface area (Å²) in [5.41, 5.74) is 3.17. The lowest BCUT2D eigenvalue weighted by Crippen LogP contribution is -2.48. The highest BCUT2D eigenvalue weighted by molar-refractivity contribution is 9.10. The Morgan fingerprint density at radius 1 is 1.13 bits per heavy atom. The molecule has 10 heteroatoms. The van der Waals surface area contributed by atoms with E-state index in [9.17, 15) is 9.59 Å². The van der Waals surface area contributed by atoms with Crippen LogP contribution in [0.2, 0.25) is 0 Å². The maximum absolute atomic E-state index is 13.3. The second-order valence-corrected chi connectivity index (χ2v) is 10.2. The fourth-order valence-electron chi connectivity index (χ4n) is 4.54. The smallest absolute Gasteiger partial charge is 0.329 e. The van der Waals surface area contributed by atoms with Crippen molar-refractivity contribution in [1.29, 1.82) is 0 Å². The topological polar surface area (TPSA) is 114 Å². The molecule has 1 amide bonds. The van der Waals surface area contributed by atoms with Crippen molar-refractivity contribution >= 4 is 38.8 Å². The van der Waals surface area contributed by atoms with Gasteiger partial charge in [0, 0.05) is 29.5 Å². The van der Waals surface area contributed by atoms with Crippen molar-refractivity contribution in [3.8, 4) is 22.7 Å². The van der Waals surface area contributed by atoms with Crippen LogP contribution in [0.3, 0.4) is 0 Å². The van der Waals surface area contributed by atoms with Gasteiger partial charge in [-0.15, -0.1) is 10.2 Å². The third-order valence-electron chi connectivity index (χ3n) is 6.36. The average molecular weight is 582 g/mol. The molecule has 0 saturated heterocycles. The second kappa shape index (κ2) is 12.3. The maximum atomic E-state index is 13.3. The summed E-state index contributed by atoms with van der Waals surface area (Å²) >= 11 is 3.73. The Labute approximate surface area is 230 Å². The maximum Gasteiger partial charge on any atom is 0.329 e. The van der Waals surface area contributed by atoms with Crippen LogP contribution in [0.4, 0.5) is 0 Å². The summed E-state index contributed by atoms with van der Waals surface area (Å²) in [5, 5.41) is 15.3. The summed E-state index contributed by atoms with van der Waals surface area (Å²) in [6.07, 6.45) is 2.04.